The molecular formula is C12H20N2O3. The summed E-state index contributed by atoms with van der Waals surface area (Å²) in [6.45, 7) is 6.48. The number of hydrogen-bond donors (Lipinski definition) is 1. The van der Waals surface area contributed by atoms with Gasteiger partial charge in [-0.15, -0.1) is 0 Å². The number of carboxylic acid groups (broad SMARTS) is 1. The van der Waals surface area contributed by atoms with Gasteiger partial charge in [-0.3, -0.25) is 4.79 Å². The lowest BCUT2D eigenvalue weighted by Gasteiger charge is -2.19. The number of nitrogens with zero attached hydrogens (tertiary/aromatic N) is 2. The lowest BCUT2D eigenvalue weighted by atomic mass is 10.3. The van der Waals surface area contributed by atoms with Crippen LogP contribution in [0.5, 0.6) is 0 Å². The van der Waals surface area contributed by atoms with Crippen LogP contribution in [0.3, 0.4) is 0 Å². The Morgan fingerprint density at radius 1 is 1.29 bits per heavy atom. The van der Waals surface area contributed by atoms with Crippen LogP contribution in [-0.4, -0.2) is 54.0 Å². The van der Waals surface area contributed by atoms with Crippen molar-refractivity contribution in [2.24, 2.45) is 0 Å². The first-order valence-electron chi connectivity index (χ1n) is 5.37. The van der Waals surface area contributed by atoms with Gasteiger partial charge in [0.2, 0.25) is 0 Å². The minimum Gasteiger partial charge on any atom is -0.478 e. The van der Waals surface area contributed by atoms with Gasteiger partial charge in [0.1, 0.15) is 0 Å². The van der Waals surface area contributed by atoms with Crippen LogP contribution in [0.2, 0.25) is 0 Å². The van der Waals surface area contributed by atoms with Gasteiger partial charge in [-0.2, -0.15) is 0 Å². The monoisotopic (exact) mass is 240 g/mol. The number of hydrogen-bond acceptors (Lipinski definition) is 3. The molecule has 1 N–H and O–H groups in total. The molecule has 0 radical (unpaired) electrons. The van der Waals surface area contributed by atoms with Crippen LogP contribution in [-0.2, 0) is 9.59 Å². The van der Waals surface area contributed by atoms with Crippen molar-refractivity contribution in [3.8, 4) is 0 Å². The highest BCUT2D eigenvalue weighted by Crippen LogP contribution is 2.02. The Balaban J connectivity index is 4.46. The fourth-order valence-corrected chi connectivity index (χ4v) is 1.20. The van der Waals surface area contributed by atoms with Gasteiger partial charge in [-0.1, -0.05) is 6.58 Å². The molecule has 5 nitrogen and oxygen atoms in total. The molecule has 96 valence electrons. The van der Waals surface area contributed by atoms with Gasteiger partial charge in [-0.05, 0) is 34.0 Å². The van der Waals surface area contributed by atoms with Gasteiger partial charge in [0.05, 0.1) is 0 Å². The molecule has 0 saturated heterocycles. The molecule has 0 aromatic rings. The van der Waals surface area contributed by atoms with Crippen LogP contribution in [0.4, 0.5) is 0 Å². The summed E-state index contributed by atoms with van der Waals surface area (Å²) in [4.78, 5) is 25.5. The van der Waals surface area contributed by atoms with E-state index in [9.17, 15) is 9.59 Å². The number of carbonyl (C=O) groups is 2. The Labute approximate surface area is 102 Å². The summed E-state index contributed by atoms with van der Waals surface area (Å²) in [7, 11) is 3.88. The maximum atomic E-state index is 11.7. The quantitative estimate of drug-likeness (QED) is 0.673. The zero-order valence-corrected chi connectivity index (χ0v) is 10.6. The van der Waals surface area contributed by atoms with Gasteiger partial charge in [0.15, 0.2) is 0 Å². The van der Waals surface area contributed by atoms with Crippen molar-refractivity contribution < 1.29 is 14.7 Å². The lowest BCUT2D eigenvalue weighted by molar-refractivity contribution is -0.131. The Kier molecular flexibility index (Phi) is 6.89. The zero-order valence-electron chi connectivity index (χ0n) is 10.6. The van der Waals surface area contributed by atoms with Gasteiger partial charge in [-0.25, -0.2) is 4.79 Å². The third-order valence-electron chi connectivity index (χ3n) is 2.03. The summed E-state index contributed by atoms with van der Waals surface area (Å²) in [5.41, 5.74) is 0.393. The standard InChI is InChI=1S/C12H20N2O3/c1-10(2)12(17)14(9-6-11(15)16)8-5-7-13(3)4/h6,9H,1,5,7-8H2,2-4H3,(H,15,16). The van der Waals surface area contributed by atoms with Crippen molar-refractivity contribution in [3.63, 3.8) is 0 Å². The second-order valence-corrected chi connectivity index (χ2v) is 4.09. The SMILES string of the molecule is C=C(C)C(=O)N(C=CC(=O)O)CCCN(C)C. The molecule has 5 heteroatoms. The summed E-state index contributed by atoms with van der Waals surface area (Å²) < 4.78 is 0. The molecule has 0 atom stereocenters. The molecule has 0 heterocycles. The van der Waals surface area contributed by atoms with E-state index in [0.29, 0.717) is 12.1 Å². The molecule has 1 amide bonds. The van der Waals surface area contributed by atoms with Gasteiger partial charge >= 0.3 is 5.97 Å². The highest BCUT2D eigenvalue weighted by atomic mass is 16.4. The fraction of sp³-hybridized carbons (Fsp3) is 0.500. The van der Waals surface area contributed by atoms with E-state index in [-0.39, 0.29) is 5.91 Å². The maximum absolute atomic E-state index is 11.7. The first kappa shape index (κ1) is 15.4. The van der Waals surface area contributed by atoms with Crippen LogP contribution < -0.4 is 0 Å². The largest absolute Gasteiger partial charge is 0.478 e. The van der Waals surface area contributed by atoms with Crippen molar-refractivity contribution in [1.29, 1.82) is 0 Å². The van der Waals surface area contributed by atoms with Crippen LogP contribution in [0, 0.1) is 0 Å². The van der Waals surface area contributed by atoms with E-state index in [2.05, 4.69) is 6.58 Å². The highest BCUT2D eigenvalue weighted by molar-refractivity contribution is 5.93. The van der Waals surface area contributed by atoms with Gasteiger partial charge in [0.25, 0.3) is 5.91 Å². The van der Waals surface area contributed by atoms with Crippen molar-refractivity contribution >= 4 is 11.9 Å². The maximum Gasteiger partial charge on any atom is 0.329 e. The molecule has 0 bridgehead atoms. The van der Waals surface area contributed by atoms with E-state index in [1.54, 1.807) is 6.92 Å². The molecule has 0 fully saturated rings. The number of carboxylic acids is 1. The number of aliphatic carboxylic acids is 1. The molecule has 0 saturated carbocycles. The number of carbonyl (C=O) groups excluding carboxylic acids is 1. The Hall–Kier alpha value is -1.62. The predicted molar refractivity (Wildman–Crippen MR) is 66.5 cm³/mol. The fourth-order valence-electron chi connectivity index (χ4n) is 1.20. The average Bonchev–Trinajstić information content (AvgIpc) is 2.21. The van der Waals surface area contributed by atoms with Crippen LogP contribution in [0.15, 0.2) is 24.4 Å². The van der Waals surface area contributed by atoms with Crippen molar-refractivity contribution in [3.05, 3.63) is 24.4 Å². The highest BCUT2D eigenvalue weighted by Gasteiger charge is 2.11. The van der Waals surface area contributed by atoms with Crippen LogP contribution >= 0.6 is 0 Å². The molecule has 0 aromatic carbocycles. The van der Waals surface area contributed by atoms with Gasteiger partial charge in [0, 0.05) is 24.4 Å². The predicted octanol–water partition coefficient (Wildman–Crippen LogP) is 0.941. The topological polar surface area (TPSA) is 60.9 Å². The first-order valence-corrected chi connectivity index (χ1v) is 5.37. The first-order chi connectivity index (χ1) is 7.84. The molecule has 0 aliphatic rings. The van der Waals surface area contributed by atoms with E-state index in [1.807, 2.05) is 19.0 Å². The van der Waals surface area contributed by atoms with Crippen molar-refractivity contribution in [1.82, 2.24) is 9.80 Å². The Bertz CT molecular complexity index is 322. The van der Waals surface area contributed by atoms with E-state index in [1.165, 1.54) is 11.1 Å². The second kappa shape index (κ2) is 7.62. The summed E-state index contributed by atoms with van der Waals surface area (Å²) >= 11 is 0. The molecular weight excluding hydrogens is 220 g/mol. The molecule has 17 heavy (non-hydrogen) atoms. The zero-order chi connectivity index (χ0) is 13.4. The van der Waals surface area contributed by atoms with E-state index in [0.717, 1.165) is 19.0 Å². The normalized spacial score (nSPS) is 10.8. The van der Waals surface area contributed by atoms with E-state index >= 15 is 0 Å². The van der Waals surface area contributed by atoms with Crippen LogP contribution in [0.25, 0.3) is 0 Å². The summed E-state index contributed by atoms with van der Waals surface area (Å²) in [6.07, 6.45) is 3.02. The van der Waals surface area contributed by atoms with E-state index < -0.39 is 5.97 Å². The summed E-state index contributed by atoms with van der Waals surface area (Å²) in [5.74, 6) is -1.32. The minimum atomic E-state index is -1.07. The number of amides is 1. The average molecular weight is 240 g/mol. The summed E-state index contributed by atoms with van der Waals surface area (Å²) in [6, 6.07) is 0. The Morgan fingerprint density at radius 2 is 1.88 bits per heavy atom. The molecule has 0 rings (SSSR count). The third-order valence-corrected chi connectivity index (χ3v) is 2.03. The third kappa shape index (κ3) is 7.30. The van der Waals surface area contributed by atoms with Crippen LogP contribution in [0.1, 0.15) is 13.3 Å². The van der Waals surface area contributed by atoms with Gasteiger partial charge < -0.3 is 14.9 Å². The molecule has 0 aliphatic carbocycles. The minimum absolute atomic E-state index is 0.249. The van der Waals surface area contributed by atoms with Crippen molar-refractivity contribution in [2.45, 2.75) is 13.3 Å². The molecule has 0 spiro atoms. The molecule has 0 aromatic heterocycles. The summed E-state index contributed by atoms with van der Waals surface area (Å²) in [5, 5.41) is 8.54. The van der Waals surface area contributed by atoms with Crippen molar-refractivity contribution in [2.75, 3.05) is 27.2 Å². The lowest BCUT2D eigenvalue weighted by Crippen LogP contribution is -2.29. The van der Waals surface area contributed by atoms with E-state index in [4.69, 9.17) is 5.11 Å². The Morgan fingerprint density at radius 3 is 2.29 bits per heavy atom. The number of rotatable bonds is 7. The molecule has 0 aliphatic heterocycles. The second-order valence-electron chi connectivity index (χ2n) is 4.09. The smallest absolute Gasteiger partial charge is 0.329 e. The molecule has 0 unspecified atom stereocenters.